The fourth-order valence-corrected chi connectivity index (χ4v) is 4.28. The van der Waals surface area contributed by atoms with Crippen LogP contribution in [0.1, 0.15) is 25.2 Å². The van der Waals surface area contributed by atoms with Crippen molar-refractivity contribution in [1.29, 1.82) is 0 Å². The number of aliphatic hydroxyl groups excluding tert-OH is 2. The number of aromatic nitrogens is 4. The molecule has 0 spiro atoms. The van der Waals surface area contributed by atoms with Gasteiger partial charge in [-0.1, -0.05) is 24.2 Å². The van der Waals surface area contributed by atoms with Gasteiger partial charge in [0, 0.05) is 18.3 Å². The van der Waals surface area contributed by atoms with Gasteiger partial charge >= 0.3 is 5.69 Å². The number of hydrogen-bond donors (Lipinski definition) is 2. The summed E-state index contributed by atoms with van der Waals surface area (Å²) in [5.41, 5.74) is 0.0788. The predicted molar refractivity (Wildman–Crippen MR) is 135 cm³/mol. The standard InChI is InChI=1S/C25H24ClFN4O5/c1-4-29-22(13-33)28-31(25(29)35)20-11-15-16(10-18(20)27)24(34)30(12-17(15)14(2)3)19-6-5-7-21(23(19)26)36-9-8-32/h5-7,10-12,32-33H,2,4,8-9,13H2,1,3H3. The van der Waals surface area contributed by atoms with E-state index in [0.29, 0.717) is 22.2 Å². The lowest BCUT2D eigenvalue weighted by Crippen LogP contribution is -2.25. The average Bonchev–Trinajstić information content (AvgIpc) is 3.18. The van der Waals surface area contributed by atoms with Crippen LogP contribution >= 0.6 is 11.6 Å². The van der Waals surface area contributed by atoms with Crippen LogP contribution in [0.25, 0.3) is 27.7 Å². The highest BCUT2D eigenvalue weighted by atomic mass is 35.5. The highest BCUT2D eigenvalue weighted by Gasteiger charge is 2.21. The normalized spacial score (nSPS) is 11.3. The number of pyridine rings is 1. The number of fused-ring (bicyclic) bond motifs is 1. The Balaban J connectivity index is 2.00. The average molecular weight is 515 g/mol. The molecule has 4 rings (SSSR count). The lowest BCUT2D eigenvalue weighted by atomic mass is 10.0. The molecule has 2 heterocycles. The molecule has 11 heteroatoms. The Kier molecular flexibility index (Phi) is 7.11. The van der Waals surface area contributed by atoms with Gasteiger partial charge in [0.25, 0.3) is 5.56 Å². The van der Waals surface area contributed by atoms with Crippen molar-refractivity contribution in [3.05, 3.63) is 86.2 Å². The zero-order valence-electron chi connectivity index (χ0n) is 19.7. The Bertz CT molecular complexity index is 1610. The molecule has 0 aliphatic rings. The van der Waals surface area contributed by atoms with Crippen molar-refractivity contribution in [3.63, 3.8) is 0 Å². The maximum atomic E-state index is 15.4. The van der Waals surface area contributed by atoms with E-state index in [9.17, 15) is 14.7 Å². The lowest BCUT2D eigenvalue weighted by molar-refractivity contribution is 0.201. The Hall–Kier alpha value is -3.73. The number of halogens is 2. The van der Waals surface area contributed by atoms with Crippen molar-refractivity contribution in [3.8, 4) is 17.1 Å². The van der Waals surface area contributed by atoms with Gasteiger partial charge in [0.15, 0.2) is 5.82 Å². The zero-order chi connectivity index (χ0) is 26.1. The van der Waals surface area contributed by atoms with Crippen LogP contribution in [-0.4, -0.2) is 42.3 Å². The maximum Gasteiger partial charge on any atom is 0.350 e. The summed E-state index contributed by atoms with van der Waals surface area (Å²) in [6, 6.07) is 7.28. The van der Waals surface area contributed by atoms with Gasteiger partial charge < -0.3 is 14.9 Å². The maximum absolute atomic E-state index is 15.4. The monoisotopic (exact) mass is 514 g/mol. The number of aliphatic hydroxyl groups is 2. The van der Waals surface area contributed by atoms with E-state index in [2.05, 4.69) is 11.7 Å². The number of hydrogen-bond acceptors (Lipinski definition) is 6. The molecular formula is C25H24ClFN4O5. The first-order chi connectivity index (χ1) is 17.2. The highest BCUT2D eigenvalue weighted by Crippen LogP contribution is 2.32. The molecule has 2 aromatic carbocycles. The van der Waals surface area contributed by atoms with E-state index in [0.717, 1.165) is 10.7 Å². The first kappa shape index (κ1) is 25.4. The summed E-state index contributed by atoms with van der Waals surface area (Å²) in [6.07, 6.45) is 1.54. The van der Waals surface area contributed by atoms with Crippen LogP contribution in [0.3, 0.4) is 0 Å². The Morgan fingerprint density at radius 2 is 1.94 bits per heavy atom. The van der Waals surface area contributed by atoms with E-state index in [-0.39, 0.29) is 47.4 Å². The minimum atomic E-state index is -0.844. The molecule has 9 nitrogen and oxygen atoms in total. The van der Waals surface area contributed by atoms with Crippen molar-refractivity contribution < 1.29 is 19.3 Å². The Morgan fingerprint density at radius 3 is 2.56 bits per heavy atom. The van der Waals surface area contributed by atoms with E-state index in [1.807, 2.05) is 0 Å². The van der Waals surface area contributed by atoms with Crippen LogP contribution in [0.4, 0.5) is 4.39 Å². The van der Waals surface area contributed by atoms with Crippen molar-refractivity contribution >= 4 is 27.9 Å². The summed E-state index contributed by atoms with van der Waals surface area (Å²) < 4.78 is 24.2. The molecule has 0 fully saturated rings. The number of benzene rings is 2. The molecule has 2 aromatic heterocycles. The van der Waals surface area contributed by atoms with Gasteiger partial charge in [-0.05, 0) is 49.1 Å². The van der Waals surface area contributed by atoms with Crippen LogP contribution < -0.4 is 16.0 Å². The summed E-state index contributed by atoms with van der Waals surface area (Å²) in [5.74, 6) is -0.474. The summed E-state index contributed by atoms with van der Waals surface area (Å²) in [7, 11) is 0. The first-order valence-corrected chi connectivity index (χ1v) is 11.5. The molecule has 2 N–H and O–H groups in total. The minimum Gasteiger partial charge on any atom is -0.490 e. The van der Waals surface area contributed by atoms with E-state index < -0.39 is 23.7 Å². The van der Waals surface area contributed by atoms with Crippen LogP contribution in [0.5, 0.6) is 5.75 Å². The Labute approximate surface area is 209 Å². The largest absolute Gasteiger partial charge is 0.490 e. The predicted octanol–water partition coefficient (Wildman–Crippen LogP) is 3.05. The molecule has 0 aliphatic heterocycles. The van der Waals surface area contributed by atoms with E-state index in [1.165, 1.54) is 21.4 Å². The Morgan fingerprint density at radius 1 is 1.19 bits per heavy atom. The van der Waals surface area contributed by atoms with Crippen LogP contribution in [-0.2, 0) is 13.2 Å². The smallest absolute Gasteiger partial charge is 0.350 e. The van der Waals surface area contributed by atoms with Crippen LogP contribution in [0, 0.1) is 5.82 Å². The van der Waals surface area contributed by atoms with Gasteiger partial charge in [0.05, 0.1) is 17.7 Å². The fraction of sp³-hybridized carbons (Fsp3) is 0.240. The highest BCUT2D eigenvalue weighted by molar-refractivity contribution is 6.33. The van der Waals surface area contributed by atoms with Crippen LogP contribution in [0.15, 0.2) is 52.7 Å². The fourth-order valence-electron chi connectivity index (χ4n) is 4.01. The summed E-state index contributed by atoms with van der Waals surface area (Å²) >= 11 is 6.50. The first-order valence-electron chi connectivity index (χ1n) is 11.1. The quantitative estimate of drug-likeness (QED) is 0.374. The molecule has 0 saturated carbocycles. The topological polar surface area (TPSA) is 112 Å². The van der Waals surface area contributed by atoms with Gasteiger partial charge in [0.2, 0.25) is 0 Å². The second kappa shape index (κ2) is 10.1. The molecule has 0 amide bonds. The summed E-state index contributed by atoms with van der Waals surface area (Å²) in [4.78, 5) is 26.3. The molecule has 4 aromatic rings. The number of nitrogens with zero attached hydrogens (tertiary/aromatic N) is 4. The van der Waals surface area contributed by atoms with Crippen molar-refractivity contribution in [2.45, 2.75) is 27.0 Å². The number of rotatable bonds is 8. The molecule has 0 radical (unpaired) electrons. The van der Waals surface area contributed by atoms with Gasteiger partial charge in [-0.3, -0.25) is 13.9 Å². The van der Waals surface area contributed by atoms with Gasteiger partial charge in [-0.2, -0.15) is 4.68 Å². The second-order valence-corrected chi connectivity index (χ2v) is 8.40. The summed E-state index contributed by atoms with van der Waals surface area (Å²) in [5, 5.41) is 23.2. The third-order valence-corrected chi connectivity index (χ3v) is 6.10. The van der Waals surface area contributed by atoms with Gasteiger partial charge in [-0.15, -0.1) is 5.10 Å². The molecular weight excluding hydrogens is 491 g/mol. The third kappa shape index (κ3) is 4.23. The molecule has 0 saturated heterocycles. The van der Waals surface area contributed by atoms with E-state index >= 15 is 4.39 Å². The number of ether oxygens (including phenoxy) is 1. The van der Waals surface area contributed by atoms with Gasteiger partial charge in [-0.25, -0.2) is 9.18 Å². The number of allylic oxidation sites excluding steroid dienone is 1. The van der Waals surface area contributed by atoms with Crippen molar-refractivity contribution in [2.24, 2.45) is 0 Å². The molecule has 0 bridgehead atoms. The summed E-state index contributed by atoms with van der Waals surface area (Å²) in [6.45, 7) is 6.99. The van der Waals surface area contributed by atoms with E-state index in [1.54, 1.807) is 32.0 Å². The second-order valence-electron chi connectivity index (χ2n) is 8.02. The molecule has 188 valence electrons. The SMILES string of the molecule is C=C(C)c1cn(-c2cccc(OCCO)c2Cl)c(=O)c2cc(F)c(-n3nc(CO)n(CC)c3=O)cc12. The van der Waals surface area contributed by atoms with Gasteiger partial charge in [0.1, 0.15) is 35.5 Å². The van der Waals surface area contributed by atoms with Crippen LogP contribution in [0.2, 0.25) is 5.02 Å². The van der Waals surface area contributed by atoms with Crippen molar-refractivity contribution in [2.75, 3.05) is 13.2 Å². The molecule has 0 unspecified atom stereocenters. The third-order valence-electron chi connectivity index (χ3n) is 5.72. The van der Waals surface area contributed by atoms with E-state index in [4.69, 9.17) is 21.4 Å². The molecule has 36 heavy (non-hydrogen) atoms. The molecule has 0 atom stereocenters. The van der Waals surface area contributed by atoms with Crippen molar-refractivity contribution in [1.82, 2.24) is 18.9 Å². The minimum absolute atomic E-state index is 0.0198. The molecule has 0 aliphatic carbocycles. The lowest BCUT2D eigenvalue weighted by Gasteiger charge is -2.16. The zero-order valence-corrected chi connectivity index (χ0v) is 20.4.